The molecule has 0 saturated heterocycles. The molecule has 2 aromatic heterocycles. The van der Waals surface area contributed by atoms with E-state index in [1.165, 1.54) is 0 Å². The van der Waals surface area contributed by atoms with Gasteiger partial charge in [0, 0.05) is 18.1 Å². The van der Waals surface area contributed by atoms with Crippen LogP contribution in [-0.2, 0) is 16.6 Å². The van der Waals surface area contributed by atoms with Gasteiger partial charge >= 0.3 is 0 Å². The minimum absolute atomic E-state index is 0.152. The number of hydrogen-bond acceptors (Lipinski definition) is 3. The van der Waals surface area contributed by atoms with Gasteiger partial charge in [-0.05, 0) is 53.5 Å². The Morgan fingerprint density at radius 2 is 1.80 bits per heavy atom. The molecule has 0 unspecified atom stereocenters. The van der Waals surface area contributed by atoms with Crippen molar-refractivity contribution in [3.8, 4) is 0 Å². The molecule has 0 atom stereocenters. The summed E-state index contributed by atoms with van der Waals surface area (Å²) in [5.74, 6) is 0. The lowest BCUT2D eigenvalue weighted by Gasteiger charge is -2.10. The molecule has 1 aromatic carbocycles. The monoisotopic (exact) mass is 422 g/mol. The van der Waals surface area contributed by atoms with E-state index in [0.29, 0.717) is 16.5 Å². The molecule has 2 heterocycles. The molecule has 3 rings (SSSR count). The molecule has 0 aliphatic heterocycles. The maximum absolute atomic E-state index is 13.1. The van der Waals surface area contributed by atoms with Crippen LogP contribution in [-0.4, -0.2) is 17.0 Å². The van der Waals surface area contributed by atoms with Crippen LogP contribution < -0.4 is 5.56 Å². The standard InChI is InChI=1S/C18H19BrN2O3S/c1-3-4-10-20-11-9-14-12-16(19)21(17(14)18(20)22)25(23,24)15-7-5-13(2)6-8-15/h5-9,11-12H,3-4,10H2,1-2H3. The Hall–Kier alpha value is -1.86. The molecule has 0 saturated carbocycles. The Morgan fingerprint density at radius 1 is 1.12 bits per heavy atom. The smallest absolute Gasteiger partial charge is 0.276 e. The quantitative estimate of drug-likeness (QED) is 0.625. The Bertz CT molecular complexity index is 1080. The van der Waals surface area contributed by atoms with Gasteiger partial charge in [-0.25, -0.2) is 12.4 Å². The van der Waals surface area contributed by atoms with E-state index in [0.717, 1.165) is 22.4 Å². The third-order valence-electron chi connectivity index (χ3n) is 4.15. The average Bonchev–Trinajstić information content (AvgIpc) is 2.92. The van der Waals surface area contributed by atoms with Crippen molar-refractivity contribution < 1.29 is 8.42 Å². The molecule has 0 fully saturated rings. The third kappa shape index (κ3) is 3.18. The largest absolute Gasteiger partial charge is 0.314 e. The summed E-state index contributed by atoms with van der Waals surface area (Å²) in [5, 5.41) is 0.598. The summed E-state index contributed by atoms with van der Waals surface area (Å²) >= 11 is 3.30. The maximum atomic E-state index is 13.1. The van der Waals surface area contributed by atoms with Crippen LogP contribution in [0, 0.1) is 6.92 Å². The first-order chi connectivity index (χ1) is 11.9. The Kier molecular flexibility index (Phi) is 4.88. The number of hydrogen-bond donors (Lipinski definition) is 0. The van der Waals surface area contributed by atoms with Gasteiger partial charge in [-0.15, -0.1) is 0 Å². The van der Waals surface area contributed by atoms with Crippen LogP contribution in [0.5, 0.6) is 0 Å². The molecule has 132 valence electrons. The van der Waals surface area contributed by atoms with Crippen LogP contribution in [0.1, 0.15) is 25.3 Å². The van der Waals surface area contributed by atoms with Crippen LogP contribution in [0.2, 0.25) is 0 Å². The summed E-state index contributed by atoms with van der Waals surface area (Å²) in [6, 6.07) is 10.0. The lowest BCUT2D eigenvalue weighted by molar-refractivity contribution is 0.587. The second-order valence-electron chi connectivity index (χ2n) is 6.02. The summed E-state index contributed by atoms with van der Waals surface area (Å²) in [6.07, 6.45) is 3.53. The molecular formula is C18H19BrN2O3S. The molecule has 5 nitrogen and oxygen atoms in total. The van der Waals surface area contributed by atoms with E-state index in [2.05, 4.69) is 15.9 Å². The van der Waals surface area contributed by atoms with Crippen LogP contribution in [0.4, 0.5) is 0 Å². The molecule has 0 amide bonds. The molecule has 0 aliphatic rings. The van der Waals surface area contributed by atoms with E-state index in [9.17, 15) is 13.2 Å². The number of pyridine rings is 1. The third-order valence-corrected chi connectivity index (χ3v) is 6.70. The zero-order valence-corrected chi connectivity index (χ0v) is 16.5. The van der Waals surface area contributed by atoms with Gasteiger partial charge in [-0.1, -0.05) is 31.0 Å². The normalized spacial score (nSPS) is 12.0. The van der Waals surface area contributed by atoms with E-state index < -0.39 is 10.0 Å². The number of fused-ring (bicyclic) bond motifs is 1. The zero-order chi connectivity index (χ0) is 18.2. The highest BCUT2D eigenvalue weighted by atomic mass is 79.9. The predicted molar refractivity (Wildman–Crippen MR) is 103 cm³/mol. The zero-order valence-electron chi connectivity index (χ0n) is 14.1. The number of halogens is 1. The molecule has 3 aromatic rings. The van der Waals surface area contributed by atoms with E-state index in [-0.39, 0.29) is 16.0 Å². The van der Waals surface area contributed by atoms with Gasteiger partial charge in [-0.2, -0.15) is 0 Å². The van der Waals surface area contributed by atoms with Crippen molar-refractivity contribution in [1.29, 1.82) is 0 Å². The van der Waals surface area contributed by atoms with E-state index in [1.807, 2.05) is 13.8 Å². The second-order valence-corrected chi connectivity index (χ2v) is 8.62. The van der Waals surface area contributed by atoms with Crippen LogP contribution in [0.15, 0.2) is 56.9 Å². The van der Waals surface area contributed by atoms with Gasteiger partial charge in [0.2, 0.25) is 0 Å². The van der Waals surface area contributed by atoms with Gasteiger partial charge in [0.05, 0.1) is 4.90 Å². The van der Waals surface area contributed by atoms with Gasteiger partial charge in [-0.3, -0.25) is 4.79 Å². The van der Waals surface area contributed by atoms with Crippen molar-refractivity contribution in [2.75, 3.05) is 0 Å². The Balaban J connectivity index is 2.26. The van der Waals surface area contributed by atoms with Gasteiger partial charge < -0.3 is 4.57 Å². The number of nitrogens with zero attached hydrogens (tertiary/aromatic N) is 2. The van der Waals surface area contributed by atoms with E-state index in [1.54, 1.807) is 47.2 Å². The first-order valence-electron chi connectivity index (χ1n) is 8.09. The van der Waals surface area contributed by atoms with Crippen molar-refractivity contribution in [3.63, 3.8) is 0 Å². The fourth-order valence-corrected chi connectivity index (χ4v) is 5.14. The maximum Gasteiger partial charge on any atom is 0.276 e. The van der Waals surface area contributed by atoms with E-state index in [4.69, 9.17) is 0 Å². The summed E-state index contributed by atoms with van der Waals surface area (Å²) in [7, 11) is -3.87. The van der Waals surface area contributed by atoms with Crippen LogP contribution >= 0.6 is 15.9 Å². The minimum Gasteiger partial charge on any atom is -0.314 e. The van der Waals surface area contributed by atoms with Crippen LogP contribution in [0.25, 0.3) is 10.9 Å². The second kappa shape index (κ2) is 6.80. The molecule has 0 aliphatic carbocycles. The number of rotatable bonds is 5. The van der Waals surface area contributed by atoms with E-state index >= 15 is 0 Å². The minimum atomic E-state index is -3.87. The molecule has 7 heteroatoms. The first kappa shape index (κ1) is 17.9. The summed E-state index contributed by atoms with van der Waals surface area (Å²) in [6.45, 7) is 4.51. The van der Waals surface area contributed by atoms with Gasteiger partial charge in [0.1, 0.15) is 10.1 Å². The Labute approximate surface area is 155 Å². The van der Waals surface area contributed by atoms with Crippen molar-refractivity contribution in [2.24, 2.45) is 0 Å². The molecule has 0 N–H and O–H groups in total. The fourth-order valence-electron chi connectivity index (χ4n) is 2.75. The molecule has 0 radical (unpaired) electrons. The van der Waals surface area contributed by atoms with Crippen LogP contribution in [0.3, 0.4) is 0 Å². The highest BCUT2D eigenvalue weighted by Crippen LogP contribution is 2.27. The van der Waals surface area contributed by atoms with Crippen molar-refractivity contribution in [1.82, 2.24) is 8.54 Å². The lowest BCUT2D eigenvalue weighted by Crippen LogP contribution is -2.24. The summed E-state index contributed by atoms with van der Waals surface area (Å²) < 4.78 is 29.2. The first-order valence-corrected chi connectivity index (χ1v) is 10.3. The number of benzene rings is 1. The average molecular weight is 423 g/mol. The predicted octanol–water partition coefficient (Wildman–Crippen LogP) is 3.91. The topological polar surface area (TPSA) is 61.1 Å². The molecular weight excluding hydrogens is 404 g/mol. The molecule has 0 bridgehead atoms. The molecule has 25 heavy (non-hydrogen) atoms. The van der Waals surface area contributed by atoms with Gasteiger partial charge in [0.15, 0.2) is 0 Å². The van der Waals surface area contributed by atoms with Crippen molar-refractivity contribution in [3.05, 3.63) is 63.1 Å². The highest BCUT2D eigenvalue weighted by Gasteiger charge is 2.24. The summed E-state index contributed by atoms with van der Waals surface area (Å²) in [4.78, 5) is 13.0. The Morgan fingerprint density at radius 3 is 2.44 bits per heavy atom. The number of aryl methyl sites for hydroxylation is 2. The highest BCUT2D eigenvalue weighted by molar-refractivity contribution is 9.10. The molecule has 0 spiro atoms. The fraction of sp³-hybridized carbons (Fsp3) is 0.278. The van der Waals surface area contributed by atoms with Crippen molar-refractivity contribution in [2.45, 2.75) is 38.1 Å². The van der Waals surface area contributed by atoms with Gasteiger partial charge in [0.25, 0.3) is 15.6 Å². The number of aromatic nitrogens is 2. The summed E-state index contributed by atoms with van der Waals surface area (Å²) in [5.41, 5.74) is 0.843. The SMILES string of the molecule is CCCCn1ccc2cc(Br)n(S(=O)(=O)c3ccc(C)cc3)c2c1=O. The lowest BCUT2D eigenvalue weighted by atomic mass is 10.2. The number of unbranched alkanes of at least 4 members (excludes halogenated alkanes) is 1. The van der Waals surface area contributed by atoms with Crippen molar-refractivity contribution >= 4 is 36.9 Å².